The van der Waals surface area contributed by atoms with E-state index in [9.17, 15) is 4.79 Å². The Bertz CT molecular complexity index is 307. The van der Waals surface area contributed by atoms with E-state index < -0.39 is 0 Å². The summed E-state index contributed by atoms with van der Waals surface area (Å²) in [7, 11) is 1.67. The molecule has 0 aromatic rings. The van der Waals surface area contributed by atoms with Crippen LogP contribution >= 0.6 is 24.0 Å². The molecular formula is C13H27IN4O2. The summed E-state index contributed by atoms with van der Waals surface area (Å²) in [5, 5.41) is 6.34. The van der Waals surface area contributed by atoms with Gasteiger partial charge in [-0.15, -0.1) is 24.0 Å². The molecule has 0 aromatic carbocycles. The maximum absolute atomic E-state index is 11.9. The molecule has 2 N–H and O–H groups in total. The van der Waals surface area contributed by atoms with Crippen LogP contribution in [-0.2, 0) is 9.53 Å². The molecule has 1 saturated heterocycles. The number of nitrogens with zero attached hydrogens (tertiary/aromatic N) is 2. The third-order valence-corrected chi connectivity index (χ3v) is 2.98. The Labute approximate surface area is 138 Å². The van der Waals surface area contributed by atoms with Crippen LogP contribution in [0.15, 0.2) is 4.99 Å². The molecule has 1 rings (SSSR count). The summed E-state index contributed by atoms with van der Waals surface area (Å²) in [6.07, 6.45) is 2.22. The molecule has 7 heteroatoms. The largest absolute Gasteiger partial charge is 0.383 e. The first-order valence-corrected chi connectivity index (χ1v) is 6.99. The van der Waals surface area contributed by atoms with E-state index in [1.165, 1.54) is 0 Å². The number of amides is 1. The first-order chi connectivity index (χ1) is 9.17. The second-order valence-corrected chi connectivity index (χ2v) is 4.78. The van der Waals surface area contributed by atoms with Gasteiger partial charge < -0.3 is 20.3 Å². The van der Waals surface area contributed by atoms with Crippen LogP contribution in [0.4, 0.5) is 0 Å². The molecule has 6 nitrogen and oxygen atoms in total. The van der Waals surface area contributed by atoms with E-state index >= 15 is 0 Å². The van der Waals surface area contributed by atoms with Crippen LogP contribution in [0.1, 0.15) is 26.7 Å². The summed E-state index contributed by atoms with van der Waals surface area (Å²) in [5.41, 5.74) is 0. The van der Waals surface area contributed by atoms with Crippen LogP contribution in [0, 0.1) is 0 Å². The Morgan fingerprint density at radius 2 is 2.05 bits per heavy atom. The predicted molar refractivity (Wildman–Crippen MR) is 91.7 cm³/mol. The number of rotatable bonds is 6. The Balaban J connectivity index is 0.00000361. The molecule has 1 aliphatic heterocycles. The lowest BCUT2D eigenvalue weighted by Crippen LogP contribution is -2.44. The molecule has 20 heavy (non-hydrogen) atoms. The minimum absolute atomic E-state index is 0. The lowest BCUT2D eigenvalue weighted by molar-refractivity contribution is -0.128. The van der Waals surface area contributed by atoms with Crippen molar-refractivity contribution in [1.29, 1.82) is 0 Å². The molecule has 1 aliphatic rings. The summed E-state index contributed by atoms with van der Waals surface area (Å²) >= 11 is 0. The van der Waals surface area contributed by atoms with E-state index in [0.29, 0.717) is 12.6 Å². The number of aliphatic imine (C=N–C) groups is 1. The van der Waals surface area contributed by atoms with Crippen LogP contribution in [0.25, 0.3) is 0 Å². The van der Waals surface area contributed by atoms with E-state index in [0.717, 1.165) is 32.5 Å². The number of carbonyl (C=O) groups excluding carboxylic acids is 1. The molecule has 1 atom stereocenters. The Morgan fingerprint density at radius 1 is 1.40 bits per heavy atom. The molecule has 0 bridgehead atoms. The molecule has 1 fully saturated rings. The predicted octanol–water partition coefficient (Wildman–Crippen LogP) is 0.817. The molecule has 118 valence electrons. The second-order valence-electron chi connectivity index (χ2n) is 4.78. The number of hydrogen-bond donors (Lipinski definition) is 2. The van der Waals surface area contributed by atoms with E-state index in [4.69, 9.17) is 4.74 Å². The van der Waals surface area contributed by atoms with Gasteiger partial charge in [-0.1, -0.05) is 0 Å². The lowest BCUT2D eigenvalue weighted by atomic mass is 10.4. The van der Waals surface area contributed by atoms with Gasteiger partial charge in [-0.05, 0) is 26.7 Å². The van der Waals surface area contributed by atoms with Gasteiger partial charge in [-0.25, -0.2) is 4.99 Å². The highest BCUT2D eigenvalue weighted by atomic mass is 127. The first-order valence-electron chi connectivity index (χ1n) is 6.99. The van der Waals surface area contributed by atoms with Crippen molar-refractivity contribution < 1.29 is 9.53 Å². The molecule has 0 radical (unpaired) electrons. The van der Waals surface area contributed by atoms with Crippen molar-refractivity contribution in [2.24, 2.45) is 4.99 Å². The fourth-order valence-corrected chi connectivity index (χ4v) is 2.06. The molecule has 0 aliphatic carbocycles. The van der Waals surface area contributed by atoms with Gasteiger partial charge in [-0.3, -0.25) is 4.79 Å². The van der Waals surface area contributed by atoms with Gasteiger partial charge >= 0.3 is 0 Å². The van der Waals surface area contributed by atoms with Crippen molar-refractivity contribution in [3.63, 3.8) is 0 Å². The number of methoxy groups -OCH3 is 1. The lowest BCUT2D eigenvalue weighted by Gasteiger charge is -2.18. The Hall–Kier alpha value is -0.570. The van der Waals surface area contributed by atoms with Gasteiger partial charge in [-0.2, -0.15) is 0 Å². The third kappa shape index (κ3) is 7.28. The molecule has 1 unspecified atom stereocenters. The van der Waals surface area contributed by atoms with Crippen LogP contribution in [0.2, 0.25) is 0 Å². The number of hydrogen-bond acceptors (Lipinski definition) is 3. The van der Waals surface area contributed by atoms with Crippen molar-refractivity contribution in [1.82, 2.24) is 15.5 Å². The van der Waals surface area contributed by atoms with E-state index in [1.54, 1.807) is 7.11 Å². The molecule has 1 amide bonds. The van der Waals surface area contributed by atoms with Gasteiger partial charge in [0.15, 0.2) is 5.96 Å². The van der Waals surface area contributed by atoms with Crippen molar-refractivity contribution >= 4 is 35.8 Å². The smallest absolute Gasteiger partial charge is 0.244 e. The van der Waals surface area contributed by atoms with Gasteiger partial charge in [0.1, 0.15) is 6.54 Å². The third-order valence-electron chi connectivity index (χ3n) is 2.98. The van der Waals surface area contributed by atoms with Crippen LogP contribution < -0.4 is 10.6 Å². The highest BCUT2D eigenvalue weighted by Crippen LogP contribution is 2.07. The minimum Gasteiger partial charge on any atom is -0.383 e. The van der Waals surface area contributed by atoms with Crippen molar-refractivity contribution in [2.75, 3.05) is 39.9 Å². The van der Waals surface area contributed by atoms with Crippen molar-refractivity contribution in [3.05, 3.63) is 0 Å². The Kier molecular flexibility index (Phi) is 10.8. The highest BCUT2D eigenvalue weighted by molar-refractivity contribution is 14.0. The average molecular weight is 398 g/mol. The zero-order chi connectivity index (χ0) is 14.1. The monoisotopic (exact) mass is 398 g/mol. The van der Waals surface area contributed by atoms with Crippen LogP contribution in [-0.4, -0.2) is 62.7 Å². The number of halogens is 1. The maximum Gasteiger partial charge on any atom is 0.244 e. The quantitative estimate of drug-likeness (QED) is 0.395. The van der Waals surface area contributed by atoms with E-state index in [2.05, 4.69) is 15.6 Å². The highest BCUT2D eigenvalue weighted by Gasteiger charge is 2.17. The number of ether oxygens (including phenoxy) is 1. The van der Waals surface area contributed by atoms with Crippen LogP contribution in [0.5, 0.6) is 0 Å². The summed E-state index contributed by atoms with van der Waals surface area (Å²) < 4.78 is 5.07. The SMILES string of the molecule is CCNC(=NCC(=O)N1CCCC1)NC(C)COC.I. The second kappa shape index (κ2) is 11.1. The number of likely N-dealkylation sites (tertiary alicyclic amines) is 1. The topological polar surface area (TPSA) is 66.0 Å². The van der Waals surface area contributed by atoms with Gasteiger partial charge in [0.2, 0.25) is 5.91 Å². The van der Waals surface area contributed by atoms with Gasteiger partial charge in [0, 0.05) is 32.8 Å². The normalized spacial score (nSPS) is 16.6. The standard InChI is InChI=1S/C13H26N4O2.HI/c1-4-14-13(16-11(2)10-19-3)15-9-12(18)17-7-5-6-8-17;/h11H,4-10H2,1-3H3,(H2,14,15,16);1H. The van der Waals surface area contributed by atoms with E-state index in [-0.39, 0.29) is 42.5 Å². The van der Waals surface area contributed by atoms with Gasteiger partial charge in [0.25, 0.3) is 0 Å². The maximum atomic E-state index is 11.9. The molecule has 0 saturated carbocycles. The van der Waals surface area contributed by atoms with Crippen molar-refractivity contribution in [3.8, 4) is 0 Å². The molecule has 0 spiro atoms. The first kappa shape index (κ1) is 19.4. The van der Waals surface area contributed by atoms with Crippen LogP contribution in [0.3, 0.4) is 0 Å². The minimum atomic E-state index is 0. The number of carbonyl (C=O) groups is 1. The number of nitrogens with one attached hydrogen (secondary N) is 2. The average Bonchev–Trinajstić information content (AvgIpc) is 2.90. The summed E-state index contributed by atoms with van der Waals surface area (Å²) in [5.74, 6) is 0.772. The summed E-state index contributed by atoms with van der Waals surface area (Å²) in [4.78, 5) is 18.1. The van der Waals surface area contributed by atoms with E-state index in [1.807, 2.05) is 18.7 Å². The fourth-order valence-electron chi connectivity index (χ4n) is 2.06. The molecule has 0 aromatic heterocycles. The zero-order valence-electron chi connectivity index (χ0n) is 12.6. The summed E-state index contributed by atoms with van der Waals surface area (Å²) in [6.45, 7) is 7.33. The van der Waals surface area contributed by atoms with Crippen molar-refractivity contribution in [2.45, 2.75) is 32.7 Å². The molecule has 1 heterocycles. The molecular weight excluding hydrogens is 371 g/mol. The number of guanidine groups is 1. The fraction of sp³-hybridized carbons (Fsp3) is 0.846. The van der Waals surface area contributed by atoms with Gasteiger partial charge in [0.05, 0.1) is 6.61 Å². The summed E-state index contributed by atoms with van der Waals surface area (Å²) in [6, 6.07) is 0.157. The Morgan fingerprint density at radius 3 is 2.60 bits per heavy atom. The zero-order valence-corrected chi connectivity index (χ0v) is 15.0.